The van der Waals surface area contributed by atoms with Gasteiger partial charge >= 0.3 is 6.03 Å². The van der Waals surface area contributed by atoms with Crippen LogP contribution >= 0.6 is 0 Å². The molecule has 0 bridgehead atoms. The first-order valence-corrected chi connectivity index (χ1v) is 12.9. The molecule has 1 aromatic rings. The maximum absolute atomic E-state index is 13.4. The van der Waals surface area contributed by atoms with Gasteiger partial charge in [0, 0.05) is 26.2 Å². The van der Waals surface area contributed by atoms with E-state index in [1.165, 1.54) is 37.7 Å². The highest BCUT2D eigenvalue weighted by Gasteiger charge is 2.57. The molecule has 1 aromatic carbocycles. The number of carbonyl (C=O) groups is 2. The molecule has 0 radical (unpaired) electrons. The Balaban J connectivity index is 1.45. The second kappa shape index (κ2) is 11.8. The monoisotopic (exact) mass is 441 g/mol. The van der Waals surface area contributed by atoms with Crippen LogP contribution in [0.5, 0.6) is 0 Å². The summed E-state index contributed by atoms with van der Waals surface area (Å²) in [5, 5.41) is 0. The van der Waals surface area contributed by atoms with E-state index in [4.69, 9.17) is 0 Å². The topological polar surface area (TPSA) is 43.9 Å². The molecule has 3 amide bonds. The van der Waals surface area contributed by atoms with E-state index in [1.54, 1.807) is 4.90 Å². The minimum absolute atomic E-state index is 0.0518. The number of amides is 3. The molecule has 0 atom stereocenters. The van der Waals surface area contributed by atoms with Gasteiger partial charge in [0.05, 0.1) is 0 Å². The van der Waals surface area contributed by atoms with Crippen LogP contribution in [0.1, 0.15) is 77.7 Å². The summed E-state index contributed by atoms with van der Waals surface area (Å²) in [6, 6.07) is 10.7. The van der Waals surface area contributed by atoms with Crippen LogP contribution in [0.2, 0.25) is 0 Å². The average Bonchev–Trinajstić information content (AvgIpc) is 2.97. The number of aryl methyl sites for hydroxylation is 1. The van der Waals surface area contributed by atoms with Gasteiger partial charge in [-0.15, -0.1) is 0 Å². The Hall–Kier alpha value is -1.88. The Bertz CT molecular complexity index is 726. The highest BCUT2D eigenvalue weighted by atomic mass is 16.2. The van der Waals surface area contributed by atoms with E-state index in [-0.39, 0.29) is 11.9 Å². The summed E-state index contributed by atoms with van der Waals surface area (Å²) in [5.74, 6) is 0.362. The molecular weight excluding hydrogens is 398 g/mol. The van der Waals surface area contributed by atoms with Crippen LogP contribution in [-0.4, -0.2) is 64.9 Å². The molecule has 0 unspecified atom stereocenters. The lowest BCUT2D eigenvalue weighted by molar-refractivity contribution is -0.136. The summed E-state index contributed by atoms with van der Waals surface area (Å²) in [7, 11) is 0. The predicted octanol–water partition coefficient (Wildman–Crippen LogP) is 5.34. The Morgan fingerprint density at radius 3 is 2.25 bits per heavy atom. The number of hydrogen-bond acceptors (Lipinski definition) is 3. The van der Waals surface area contributed by atoms with Gasteiger partial charge in [0.15, 0.2) is 0 Å². The van der Waals surface area contributed by atoms with E-state index in [1.807, 2.05) is 4.90 Å². The van der Waals surface area contributed by atoms with Gasteiger partial charge < -0.3 is 9.80 Å². The van der Waals surface area contributed by atoms with Crippen molar-refractivity contribution in [1.29, 1.82) is 0 Å². The first-order valence-electron chi connectivity index (χ1n) is 12.9. The van der Waals surface area contributed by atoms with Crippen LogP contribution in [0.3, 0.4) is 0 Å². The SMILES string of the molecule is CCCCN1C(=O)N(CC(C)C)C(=O)C12CCN(CCCCCCc1ccccc1)CC2. The van der Waals surface area contributed by atoms with Crippen molar-refractivity contribution in [3.05, 3.63) is 35.9 Å². The molecular formula is C27H43N3O2. The average molecular weight is 442 g/mol. The third kappa shape index (κ3) is 5.92. The molecule has 0 aliphatic carbocycles. The van der Waals surface area contributed by atoms with Crippen molar-refractivity contribution >= 4 is 11.9 Å². The summed E-state index contributed by atoms with van der Waals surface area (Å²) in [6.07, 6.45) is 9.73. The van der Waals surface area contributed by atoms with Crippen LogP contribution in [-0.2, 0) is 11.2 Å². The molecule has 1 spiro atoms. The number of piperidine rings is 1. The van der Waals surface area contributed by atoms with Gasteiger partial charge in [-0.2, -0.15) is 0 Å². The van der Waals surface area contributed by atoms with E-state index in [0.717, 1.165) is 45.3 Å². The molecule has 5 nitrogen and oxygen atoms in total. The van der Waals surface area contributed by atoms with Gasteiger partial charge in [0.25, 0.3) is 5.91 Å². The summed E-state index contributed by atoms with van der Waals surface area (Å²) >= 11 is 0. The Kier molecular flexibility index (Phi) is 9.15. The van der Waals surface area contributed by atoms with E-state index in [2.05, 4.69) is 56.0 Å². The quantitative estimate of drug-likeness (QED) is 0.325. The highest BCUT2D eigenvalue weighted by Crippen LogP contribution is 2.38. The Morgan fingerprint density at radius 1 is 0.906 bits per heavy atom. The molecule has 3 rings (SSSR count). The molecule has 0 aromatic heterocycles. The number of imide groups is 1. The van der Waals surface area contributed by atoms with Crippen molar-refractivity contribution in [3.8, 4) is 0 Å². The third-order valence-corrected chi connectivity index (χ3v) is 7.12. The van der Waals surface area contributed by atoms with Crippen molar-refractivity contribution in [2.75, 3.05) is 32.7 Å². The summed E-state index contributed by atoms with van der Waals surface area (Å²) in [5.41, 5.74) is 0.844. The fraction of sp³-hybridized carbons (Fsp3) is 0.704. The van der Waals surface area contributed by atoms with Gasteiger partial charge in [-0.05, 0) is 56.6 Å². The number of likely N-dealkylation sites (tertiary alicyclic amines) is 1. The summed E-state index contributed by atoms with van der Waals surface area (Å²) in [4.78, 5) is 32.5. The first kappa shape index (κ1) is 24.8. The van der Waals surface area contributed by atoms with Crippen molar-refractivity contribution in [3.63, 3.8) is 0 Å². The molecule has 2 saturated heterocycles. The number of unbranched alkanes of at least 4 members (excludes halogenated alkanes) is 4. The molecule has 2 aliphatic heterocycles. The van der Waals surface area contributed by atoms with Crippen LogP contribution in [0.15, 0.2) is 30.3 Å². The minimum atomic E-state index is -0.590. The smallest absolute Gasteiger partial charge is 0.309 e. The van der Waals surface area contributed by atoms with Gasteiger partial charge in [-0.3, -0.25) is 9.69 Å². The van der Waals surface area contributed by atoms with Gasteiger partial charge in [-0.25, -0.2) is 4.79 Å². The molecule has 32 heavy (non-hydrogen) atoms. The van der Waals surface area contributed by atoms with Gasteiger partial charge in [0.2, 0.25) is 0 Å². The molecule has 2 aliphatic rings. The lowest BCUT2D eigenvalue weighted by Crippen LogP contribution is -2.56. The highest BCUT2D eigenvalue weighted by molar-refractivity contribution is 6.07. The normalized spacial score (nSPS) is 19.0. The Labute approximate surface area is 195 Å². The lowest BCUT2D eigenvalue weighted by atomic mass is 9.85. The molecule has 0 N–H and O–H groups in total. The number of carbonyl (C=O) groups excluding carboxylic acids is 2. The van der Waals surface area contributed by atoms with Crippen molar-refractivity contribution in [1.82, 2.24) is 14.7 Å². The maximum Gasteiger partial charge on any atom is 0.327 e. The molecule has 2 fully saturated rings. The zero-order valence-electron chi connectivity index (χ0n) is 20.5. The van der Waals surface area contributed by atoms with E-state index < -0.39 is 5.54 Å². The number of rotatable bonds is 12. The largest absolute Gasteiger partial charge is 0.327 e. The minimum Gasteiger partial charge on any atom is -0.309 e. The fourth-order valence-electron chi connectivity index (χ4n) is 5.23. The van der Waals surface area contributed by atoms with E-state index >= 15 is 0 Å². The molecule has 0 saturated carbocycles. The van der Waals surface area contributed by atoms with Gasteiger partial charge in [-0.1, -0.05) is 70.4 Å². The molecule has 5 heteroatoms. The standard InChI is InChI=1S/C27H43N3O2/c1-4-5-19-30-26(32)29(22-23(2)3)25(31)27(30)16-20-28(21-17-27)18-12-7-6-9-13-24-14-10-8-11-15-24/h8,10-11,14-15,23H,4-7,9,12-13,16-22H2,1-3H3. The number of hydrogen-bond donors (Lipinski definition) is 0. The van der Waals surface area contributed by atoms with Crippen LogP contribution < -0.4 is 0 Å². The summed E-state index contributed by atoms with van der Waals surface area (Å²) < 4.78 is 0. The van der Waals surface area contributed by atoms with Crippen LogP contribution in [0.4, 0.5) is 4.79 Å². The Morgan fingerprint density at radius 2 is 1.59 bits per heavy atom. The van der Waals surface area contributed by atoms with Crippen LogP contribution in [0.25, 0.3) is 0 Å². The van der Waals surface area contributed by atoms with Crippen LogP contribution in [0, 0.1) is 5.92 Å². The number of urea groups is 1. The second-order valence-corrected chi connectivity index (χ2v) is 10.1. The third-order valence-electron chi connectivity index (χ3n) is 7.12. The first-order chi connectivity index (χ1) is 15.5. The predicted molar refractivity (Wildman–Crippen MR) is 131 cm³/mol. The maximum atomic E-state index is 13.4. The zero-order valence-corrected chi connectivity index (χ0v) is 20.5. The number of nitrogens with zero attached hydrogens (tertiary/aromatic N) is 3. The van der Waals surface area contributed by atoms with E-state index in [0.29, 0.717) is 19.0 Å². The molecule has 178 valence electrons. The second-order valence-electron chi connectivity index (χ2n) is 10.1. The molecule has 2 heterocycles. The van der Waals surface area contributed by atoms with E-state index in [9.17, 15) is 9.59 Å². The van der Waals surface area contributed by atoms with Crippen molar-refractivity contribution in [2.24, 2.45) is 5.92 Å². The van der Waals surface area contributed by atoms with Crippen molar-refractivity contribution in [2.45, 2.75) is 84.1 Å². The van der Waals surface area contributed by atoms with Gasteiger partial charge in [0.1, 0.15) is 5.54 Å². The van der Waals surface area contributed by atoms with Crippen molar-refractivity contribution < 1.29 is 9.59 Å². The summed E-state index contributed by atoms with van der Waals surface area (Å²) in [6.45, 7) is 10.5. The lowest BCUT2D eigenvalue weighted by Gasteiger charge is -2.42. The fourth-order valence-corrected chi connectivity index (χ4v) is 5.23. The number of benzene rings is 1. The zero-order chi connectivity index (χ0) is 23.0.